The Morgan fingerprint density at radius 2 is 2.36 bits per heavy atom. The van der Waals surface area contributed by atoms with E-state index >= 15 is 0 Å². The maximum Gasteiger partial charge on any atom is 0.0839 e. The molecule has 0 radical (unpaired) electrons. The van der Waals surface area contributed by atoms with Crippen LogP contribution in [0.15, 0.2) is 16.1 Å². The minimum absolute atomic E-state index is 0.407. The SMILES string of the molecule is ON=C1CCC23CCCCC2SC=C13. The first-order valence-corrected chi connectivity index (χ1v) is 6.38. The van der Waals surface area contributed by atoms with E-state index in [4.69, 9.17) is 5.21 Å². The van der Waals surface area contributed by atoms with E-state index in [1.807, 2.05) is 11.8 Å². The molecule has 2 atom stereocenters. The lowest BCUT2D eigenvalue weighted by Crippen LogP contribution is -2.32. The van der Waals surface area contributed by atoms with Crippen molar-refractivity contribution in [3.63, 3.8) is 0 Å². The van der Waals surface area contributed by atoms with Crippen molar-refractivity contribution in [3.05, 3.63) is 11.0 Å². The second kappa shape index (κ2) is 3.02. The number of oxime groups is 1. The summed E-state index contributed by atoms with van der Waals surface area (Å²) >= 11 is 1.97. The molecule has 3 heteroatoms. The lowest BCUT2D eigenvalue weighted by atomic mass is 9.70. The molecule has 0 saturated heterocycles. The Labute approximate surface area is 88.4 Å². The summed E-state index contributed by atoms with van der Waals surface area (Å²) in [5.74, 6) is 0. The van der Waals surface area contributed by atoms with E-state index in [0.717, 1.165) is 17.4 Å². The van der Waals surface area contributed by atoms with Gasteiger partial charge in [-0.15, -0.1) is 11.8 Å². The van der Waals surface area contributed by atoms with Crippen LogP contribution in [0, 0.1) is 5.41 Å². The topological polar surface area (TPSA) is 32.6 Å². The summed E-state index contributed by atoms with van der Waals surface area (Å²) in [6.07, 6.45) is 7.60. The fraction of sp³-hybridized carbons (Fsp3) is 0.727. The molecule has 2 nitrogen and oxygen atoms in total. The summed E-state index contributed by atoms with van der Waals surface area (Å²) < 4.78 is 0. The molecular weight excluding hydrogens is 194 g/mol. The third-order valence-corrected chi connectivity index (χ3v) is 5.47. The van der Waals surface area contributed by atoms with E-state index in [0.29, 0.717) is 5.41 Å². The van der Waals surface area contributed by atoms with Crippen molar-refractivity contribution in [2.24, 2.45) is 10.6 Å². The van der Waals surface area contributed by atoms with Crippen LogP contribution in [0.1, 0.15) is 38.5 Å². The molecule has 3 aliphatic rings. The van der Waals surface area contributed by atoms with Crippen molar-refractivity contribution in [3.8, 4) is 0 Å². The molecule has 2 unspecified atom stereocenters. The highest BCUT2D eigenvalue weighted by Gasteiger charge is 2.52. The molecule has 0 aromatic heterocycles. The molecule has 2 saturated carbocycles. The Hall–Kier alpha value is -0.440. The highest BCUT2D eigenvalue weighted by molar-refractivity contribution is 8.03. The van der Waals surface area contributed by atoms with Crippen LogP contribution >= 0.6 is 11.8 Å². The Morgan fingerprint density at radius 1 is 1.43 bits per heavy atom. The van der Waals surface area contributed by atoms with Crippen LogP contribution in [0.2, 0.25) is 0 Å². The monoisotopic (exact) mass is 209 g/mol. The smallest absolute Gasteiger partial charge is 0.0839 e. The molecule has 1 aliphatic heterocycles. The van der Waals surface area contributed by atoms with Gasteiger partial charge in [-0.3, -0.25) is 0 Å². The molecule has 3 rings (SSSR count). The molecule has 1 heterocycles. The first kappa shape index (κ1) is 8.84. The van der Waals surface area contributed by atoms with Crippen molar-refractivity contribution in [2.45, 2.75) is 43.8 Å². The van der Waals surface area contributed by atoms with Crippen LogP contribution in [-0.4, -0.2) is 16.2 Å². The molecule has 0 amide bonds. The largest absolute Gasteiger partial charge is 0.411 e. The Bertz CT molecular complexity index is 323. The Morgan fingerprint density at radius 3 is 3.21 bits per heavy atom. The number of hydrogen-bond acceptors (Lipinski definition) is 3. The van der Waals surface area contributed by atoms with Crippen molar-refractivity contribution in [1.82, 2.24) is 0 Å². The molecule has 14 heavy (non-hydrogen) atoms. The highest BCUT2D eigenvalue weighted by atomic mass is 32.2. The zero-order valence-electron chi connectivity index (χ0n) is 8.20. The summed E-state index contributed by atoms with van der Waals surface area (Å²) in [4.78, 5) is 0. The number of hydrogen-bond donors (Lipinski definition) is 1. The van der Waals surface area contributed by atoms with Gasteiger partial charge in [0.15, 0.2) is 0 Å². The van der Waals surface area contributed by atoms with Crippen LogP contribution < -0.4 is 0 Å². The van der Waals surface area contributed by atoms with E-state index in [1.165, 1.54) is 37.7 Å². The number of rotatable bonds is 0. The highest BCUT2D eigenvalue weighted by Crippen LogP contribution is 2.60. The van der Waals surface area contributed by atoms with E-state index in [-0.39, 0.29) is 0 Å². The number of allylic oxidation sites excluding steroid dienone is 1. The zero-order valence-corrected chi connectivity index (χ0v) is 9.02. The maximum absolute atomic E-state index is 8.94. The van der Waals surface area contributed by atoms with Crippen molar-refractivity contribution < 1.29 is 5.21 Å². The van der Waals surface area contributed by atoms with Crippen molar-refractivity contribution in [1.29, 1.82) is 0 Å². The predicted molar refractivity (Wildman–Crippen MR) is 58.8 cm³/mol. The van der Waals surface area contributed by atoms with Crippen molar-refractivity contribution >= 4 is 17.5 Å². The lowest BCUT2D eigenvalue weighted by molar-refractivity contribution is 0.264. The average Bonchev–Trinajstić information content (AvgIpc) is 2.72. The van der Waals surface area contributed by atoms with E-state index in [2.05, 4.69) is 10.6 Å². The number of nitrogens with zero attached hydrogens (tertiary/aromatic N) is 1. The average molecular weight is 209 g/mol. The minimum Gasteiger partial charge on any atom is -0.411 e. The van der Waals surface area contributed by atoms with E-state index < -0.39 is 0 Å². The molecule has 1 spiro atoms. The van der Waals surface area contributed by atoms with Crippen LogP contribution in [0.25, 0.3) is 0 Å². The maximum atomic E-state index is 8.94. The summed E-state index contributed by atoms with van der Waals surface area (Å²) in [5, 5.41) is 15.4. The van der Waals surface area contributed by atoms with Gasteiger partial charge in [0, 0.05) is 10.7 Å². The normalized spacial score (nSPS) is 43.6. The Kier molecular flexibility index (Phi) is 1.91. The van der Waals surface area contributed by atoms with Gasteiger partial charge >= 0.3 is 0 Å². The van der Waals surface area contributed by atoms with Crippen LogP contribution in [0.4, 0.5) is 0 Å². The van der Waals surface area contributed by atoms with Gasteiger partial charge in [-0.1, -0.05) is 18.0 Å². The summed E-state index contributed by atoms with van der Waals surface area (Å²) in [5.41, 5.74) is 2.74. The van der Waals surface area contributed by atoms with Gasteiger partial charge in [0.1, 0.15) is 0 Å². The molecular formula is C11H15NOS. The lowest BCUT2D eigenvalue weighted by Gasteiger charge is -2.37. The fourth-order valence-electron chi connectivity index (χ4n) is 3.34. The Balaban J connectivity index is 2.01. The standard InChI is InChI=1S/C11H15NOS/c13-12-9-4-6-11-5-2-1-3-10(11)14-7-8(9)11/h7,10,13H,1-6H2. The summed E-state index contributed by atoms with van der Waals surface area (Å²) in [6, 6.07) is 0. The molecule has 2 fully saturated rings. The van der Waals surface area contributed by atoms with Crippen LogP contribution in [0.5, 0.6) is 0 Å². The summed E-state index contributed by atoms with van der Waals surface area (Å²) in [7, 11) is 0. The second-order valence-corrected chi connectivity index (χ2v) is 5.68. The van der Waals surface area contributed by atoms with Gasteiger partial charge in [0.2, 0.25) is 0 Å². The molecule has 2 aliphatic carbocycles. The molecule has 76 valence electrons. The van der Waals surface area contributed by atoms with Gasteiger partial charge < -0.3 is 5.21 Å². The van der Waals surface area contributed by atoms with Gasteiger partial charge in [-0.25, -0.2) is 0 Å². The quantitative estimate of drug-likeness (QED) is 0.491. The third kappa shape index (κ3) is 0.964. The van der Waals surface area contributed by atoms with Crippen LogP contribution in [0.3, 0.4) is 0 Å². The second-order valence-electron chi connectivity index (χ2n) is 4.60. The van der Waals surface area contributed by atoms with Gasteiger partial charge in [-0.05, 0) is 36.7 Å². The van der Waals surface area contributed by atoms with Crippen molar-refractivity contribution in [2.75, 3.05) is 0 Å². The number of thioether (sulfide) groups is 1. The fourth-order valence-corrected chi connectivity index (χ4v) is 4.93. The van der Waals surface area contributed by atoms with Gasteiger partial charge in [-0.2, -0.15) is 0 Å². The van der Waals surface area contributed by atoms with Gasteiger partial charge in [0.25, 0.3) is 0 Å². The van der Waals surface area contributed by atoms with Gasteiger partial charge in [0.05, 0.1) is 5.71 Å². The zero-order chi connectivity index (χ0) is 9.60. The molecule has 1 N–H and O–H groups in total. The minimum atomic E-state index is 0.407. The first-order valence-electron chi connectivity index (χ1n) is 5.44. The van der Waals surface area contributed by atoms with E-state index in [1.54, 1.807) is 0 Å². The first-order chi connectivity index (χ1) is 6.87. The van der Waals surface area contributed by atoms with E-state index in [9.17, 15) is 0 Å². The molecule has 0 bridgehead atoms. The third-order valence-electron chi connectivity index (χ3n) is 4.08. The molecule has 0 aromatic carbocycles. The van der Waals surface area contributed by atoms with Crippen LogP contribution in [-0.2, 0) is 0 Å². The molecule has 0 aromatic rings. The predicted octanol–water partition coefficient (Wildman–Crippen LogP) is 3.17. The summed E-state index contributed by atoms with van der Waals surface area (Å²) in [6.45, 7) is 0.